The highest BCUT2D eigenvalue weighted by Gasteiger charge is 2.15. The fourth-order valence-corrected chi connectivity index (χ4v) is 1.45. The molecule has 2 aromatic heterocycles. The Morgan fingerprint density at radius 3 is 3.06 bits per heavy atom. The number of pyridine rings is 1. The predicted octanol–water partition coefficient (Wildman–Crippen LogP) is 1.26. The molecule has 2 aromatic rings. The van der Waals surface area contributed by atoms with Gasteiger partial charge in [0.15, 0.2) is 0 Å². The molecule has 2 heterocycles. The van der Waals surface area contributed by atoms with Crippen LogP contribution in [0.3, 0.4) is 0 Å². The molecule has 0 saturated carbocycles. The Kier molecular flexibility index (Phi) is 3.34. The molecular formula is C11H13N3O3. The number of rotatable bonds is 4. The van der Waals surface area contributed by atoms with Gasteiger partial charge >= 0.3 is 0 Å². The van der Waals surface area contributed by atoms with Gasteiger partial charge in [0.1, 0.15) is 11.8 Å². The minimum absolute atomic E-state index is 0.202. The Morgan fingerprint density at radius 1 is 1.53 bits per heavy atom. The van der Waals surface area contributed by atoms with E-state index in [0.717, 1.165) is 6.42 Å². The maximum absolute atomic E-state index is 11.1. The fraction of sp³-hybridized carbons (Fsp3) is 0.364. The minimum Gasteiger partial charge on any atom is -0.385 e. The monoisotopic (exact) mass is 235 g/mol. The first kappa shape index (κ1) is 11.5. The summed E-state index contributed by atoms with van der Waals surface area (Å²) in [6, 6.07) is 4.65. The van der Waals surface area contributed by atoms with Gasteiger partial charge in [0.2, 0.25) is 11.4 Å². The van der Waals surface area contributed by atoms with Gasteiger partial charge in [0, 0.05) is 6.07 Å². The molecule has 2 N–H and O–H groups in total. The van der Waals surface area contributed by atoms with Crippen LogP contribution in [-0.4, -0.2) is 20.2 Å². The fourth-order valence-electron chi connectivity index (χ4n) is 1.45. The third-order valence-corrected chi connectivity index (χ3v) is 2.30. The third kappa shape index (κ3) is 2.59. The summed E-state index contributed by atoms with van der Waals surface area (Å²) in [5.74, 6) is 0.444. The van der Waals surface area contributed by atoms with Gasteiger partial charge in [-0.25, -0.2) is 0 Å². The molecule has 2 rings (SSSR count). The predicted molar refractivity (Wildman–Crippen MR) is 60.2 cm³/mol. The summed E-state index contributed by atoms with van der Waals surface area (Å²) in [6.45, 7) is 1.96. The zero-order valence-corrected chi connectivity index (χ0v) is 9.38. The highest BCUT2D eigenvalue weighted by atomic mass is 16.5. The molecule has 1 atom stereocenters. The van der Waals surface area contributed by atoms with E-state index < -0.39 is 6.10 Å². The van der Waals surface area contributed by atoms with Gasteiger partial charge in [0.25, 0.3) is 5.89 Å². The van der Waals surface area contributed by atoms with Crippen LogP contribution in [0.25, 0.3) is 11.6 Å². The first-order chi connectivity index (χ1) is 8.20. The largest absolute Gasteiger partial charge is 0.385 e. The van der Waals surface area contributed by atoms with E-state index in [1.165, 1.54) is 6.07 Å². The molecule has 0 aliphatic heterocycles. The van der Waals surface area contributed by atoms with Crippen molar-refractivity contribution in [2.24, 2.45) is 0 Å². The number of aromatic amines is 1. The van der Waals surface area contributed by atoms with Gasteiger partial charge in [0.05, 0.1) is 0 Å². The van der Waals surface area contributed by atoms with E-state index in [1.807, 2.05) is 6.92 Å². The summed E-state index contributed by atoms with van der Waals surface area (Å²) in [5.41, 5.74) is 0.205. The number of aromatic nitrogens is 3. The molecule has 90 valence electrons. The number of hydrogen-bond donors (Lipinski definition) is 2. The van der Waals surface area contributed by atoms with E-state index >= 15 is 0 Å². The molecule has 6 heteroatoms. The molecule has 0 amide bonds. The Morgan fingerprint density at radius 2 is 2.35 bits per heavy atom. The number of nitrogens with one attached hydrogen (secondary N) is 1. The lowest BCUT2D eigenvalue weighted by molar-refractivity contribution is 0.153. The maximum Gasteiger partial charge on any atom is 0.274 e. The van der Waals surface area contributed by atoms with Crippen LogP contribution in [0.5, 0.6) is 0 Å². The molecule has 1 unspecified atom stereocenters. The molecule has 6 nitrogen and oxygen atoms in total. The Bertz CT molecular complexity index is 547. The lowest BCUT2D eigenvalue weighted by Gasteiger charge is -2.01. The third-order valence-electron chi connectivity index (χ3n) is 2.30. The first-order valence-electron chi connectivity index (χ1n) is 5.42. The van der Waals surface area contributed by atoms with Crippen LogP contribution in [0.1, 0.15) is 31.7 Å². The van der Waals surface area contributed by atoms with E-state index in [1.54, 1.807) is 12.1 Å². The van der Waals surface area contributed by atoms with Gasteiger partial charge in [-0.05, 0) is 12.5 Å². The van der Waals surface area contributed by atoms with E-state index in [4.69, 9.17) is 4.52 Å². The topological polar surface area (TPSA) is 92.0 Å². The molecule has 0 radical (unpaired) electrons. The number of nitrogens with zero attached hydrogens (tertiary/aromatic N) is 2. The smallest absolute Gasteiger partial charge is 0.274 e. The lowest BCUT2D eigenvalue weighted by Crippen LogP contribution is -2.04. The second-order valence-electron chi connectivity index (χ2n) is 3.69. The van der Waals surface area contributed by atoms with E-state index in [9.17, 15) is 9.90 Å². The zero-order chi connectivity index (χ0) is 12.3. The SMILES string of the molecule is CCCC(O)c1noc(-c2cccc(=O)[nH]2)n1. The number of aliphatic hydroxyl groups excluding tert-OH is 1. The summed E-state index contributed by atoms with van der Waals surface area (Å²) in [6.07, 6.45) is 0.672. The maximum atomic E-state index is 11.1. The summed E-state index contributed by atoms with van der Waals surface area (Å²) in [7, 11) is 0. The van der Waals surface area contributed by atoms with Crippen molar-refractivity contribution in [3.63, 3.8) is 0 Å². The van der Waals surface area contributed by atoms with Crippen molar-refractivity contribution >= 4 is 0 Å². The second kappa shape index (κ2) is 4.92. The highest BCUT2D eigenvalue weighted by Crippen LogP contribution is 2.18. The normalized spacial score (nSPS) is 12.6. The van der Waals surface area contributed by atoms with Crippen LogP contribution in [0.4, 0.5) is 0 Å². The molecule has 0 bridgehead atoms. The van der Waals surface area contributed by atoms with Crippen LogP contribution in [0.2, 0.25) is 0 Å². The first-order valence-corrected chi connectivity index (χ1v) is 5.42. The van der Waals surface area contributed by atoms with Crippen molar-refractivity contribution in [2.45, 2.75) is 25.9 Å². The second-order valence-corrected chi connectivity index (χ2v) is 3.69. The lowest BCUT2D eigenvalue weighted by atomic mass is 10.2. The summed E-state index contributed by atoms with van der Waals surface area (Å²) >= 11 is 0. The van der Waals surface area contributed by atoms with Gasteiger partial charge in [-0.2, -0.15) is 4.98 Å². The van der Waals surface area contributed by atoms with Crippen LogP contribution in [-0.2, 0) is 0 Å². The van der Waals surface area contributed by atoms with Gasteiger partial charge in [-0.1, -0.05) is 24.6 Å². The van der Waals surface area contributed by atoms with Crippen LogP contribution in [0, 0.1) is 0 Å². The molecule has 0 aromatic carbocycles. The Labute approximate surface area is 97.3 Å². The number of aliphatic hydroxyl groups is 1. The van der Waals surface area contributed by atoms with Crippen molar-refractivity contribution < 1.29 is 9.63 Å². The van der Waals surface area contributed by atoms with E-state index in [0.29, 0.717) is 12.1 Å². The van der Waals surface area contributed by atoms with Gasteiger partial charge in [-0.3, -0.25) is 4.79 Å². The van der Waals surface area contributed by atoms with Gasteiger partial charge < -0.3 is 14.6 Å². The van der Waals surface area contributed by atoms with Crippen molar-refractivity contribution in [3.8, 4) is 11.6 Å². The van der Waals surface area contributed by atoms with Crippen molar-refractivity contribution in [1.82, 2.24) is 15.1 Å². The molecule has 0 aliphatic carbocycles. The zero-order valence-electron chi connectivity index (χ0n) is 9.38. The van der Waals surface area contributed by atoms with Crippen LogP contribution in [0.15, 0.2) is 27.5 Å². The minimum atomic E-state index is -0.729. The van der Waals surface area contributed by atoms with Gasteiger partial charge in [-0.15, -0.1) is 0 Å². The van der Waals surface area contributed by atoms with Crippen molar-refractivity contribution in [1.29, 1.82) is 0 Å². The average Bonchev–Trinajstić information content (AvgIpc) is 2.78. The Hall–Kier alpha value is -1.95. The average molecular weight is 235 g/mol. The molecule has 17 heavy (non-hydrogen) atoms. The molecule has 0 spiro atoms. The quantitative estimate of drug-likeness (QED) is 0.832. The van der Waals surface area contributed by atoms with Crippen molar-refractivity contribution in [3.05, 3.63) is 34.4 Å². The van der Waals surface area contributed by atoms with Crippen LogP contribution >= 0.6 is 0 Å². The van der Waals surface area contributed by atoms with Crippen LogP contribution < -0.4 is 5.56 Å². The molecule has 0 saturated heterocycles. The standard InChI is InChI=1S/C11H13N3O3/c1-2-4-8(15)10-13-11(17-14-10)7-5-3-6-9(16)12-7/h3,5-6,8,15H,2,4H2,1H3,(H,12,16). The van der Waals surface area contributed by atoms with Crippen molar-refractivity contribution in [2.75, 3.05) is 0 Å². The molecular weight excluding hydrogens is 222 g/mol. The summed E-state index contributed by atoms with van der Waals surface area (Å²) in [4.78, 5) is 17.7. The highest BCUT2D eigenvalue weighted by molar-refractivity contribution is 5.45. The number of H-pyrrole nitrogens is 1. The molecule has 0 aliphatic rings. The summed E-state index contributed by atoms with van der Waals surface area (Å²) in [5, 5.41) is 13.4. The Balaban J connectivity index is 2.26. The van der Waals surface area contributed by atoms with E-state index in [-0.39, 0.29) is 17.3 Å². The summed E-state index contributed by atoms with van der Waals surface area (Å²) < 4.78 is 4.98. The molecule has 0 fully saturated rings. The number of hydrogen-bond acceptors (Lipinski definition) is 5. The van der Waals surface area contributed by atoms with E-state index in [2.05, 4.69) is 15.1 Å².